The number of hydrogen-bond acceptors (Lipinski definition) is 5. The van der Waals surface area contributed by atoms with E-state index in [9.17, 15) is 9.59 Å². The number of carbonyl (C=O) groups is 2. The van der Waals surface area contributed by atoms with Gasteiger partial charge in [0.15, 0.2) is 5.13 Å². The summed E-state index contributed by atoms with van der Waals surface area (Å²) < 4.78 is 0. The lowest BCUT2D eigenvalue weighted by molar-refractivity contribution is -0.136. The van der Waals surface area contributed by atoms with E-state index in [2.05, 4.69) is 39.9 Å². The van der Waals surface area contributed by atoms with Crippen LogP contribution < -0.4 is 10.6 Å². The molecule has 7 heteroatoms. The van der Waals surface area contributed by atoms with Crippen molar-refractivity contribution >= 4 is 39.1 Å². The van der Waals surface area contributed by atoms with Crippen molar-refractivity contribution in [1.29, 1.82) is 0 Å². The van der Waals surface area contributed by atoms with Gasteiger partial charge in [0, 0.05) is 18.1 Å². The third kappa shape index (κ3) is 4.07. The monoisotopic (exact) mass is 368 g/mol. The van der Waals surface area contributed by atoms with Gasteiger partial charge in [-0.25, -0.2) is 4.98 Å². The number of hydrogen-bond donors (Lipinski definition) is 2. The fourth-order valence-corrected chi connectivity index (χ4v) is 3.34. The zero-order chi connectivity index (χ0) is 18.5. The molecule has 0 aliphatic rings. The first-order valence-electron chi connectivity index (χ1n) is 8.19. The first kappa shape index (κ1) is 18.0. The van der Waals surface area contributed by atoms with Gasteiger partial charge in [-0.2, -0.15) is 0 Å². The fourth-order valence-electron chi connectivity index (χ4n) is 2.82. The van der Waals surface area contributed by atoms with Crippen molar-refractivity contribution in [3.05, 3.63) is 59.6 Å². The summed E-state index contributed by atoms with van der Waals surface area (Å²) in [6, 6.07) is 14.2. The van der Waals surface area contributed by atoms with Crippen LogP contribution in [0.2, 0.25) is 0 Å². The topological polar surface area (TPSA) is 74.3 Å². The van der Waals surface area contributed by atoms with Crippen molar-refractivity contribution in [2.45, 2.75) is 6.04 Å². The molecule has 0 fully saturated rings. The number of carbonyl (C=O) groups excluding carboxylic acids is 2. The van der Waals surface area contributed by atoms with Crippen LogP contribution in [-0.2, 0) is 9.59 Å². The van der Waals surface area contributed by atoms with E-state index >= 15 is 0 Å². The first-order chi connectivity index (χ1) is 12.6. The second-order valence-corrected chi connectivity index (χ2v) is 6.94. The number of rotatable bonds is 5. The Bertz CT molecular complexity index is 904. The smallest absolute Gasteiger partial charge is 0.315 e. The van der Waals surface area contributed by atoms with Crippen molar-refractivity contribution in [3.8, 4) is 0 Å². The molecular weight excluding hydrogens is 348 g/mol. The number of likely N-dealkylation sites (N-methyl/N-ethyl adjacent to an activating group) is 1. The molecule has 1 heterocycles. The average Bonchev–Trinajstić information content (AvgIpc) is 3.14. The predicted molar refractivity (Wildman–Crippen MR) is 104 cm³/mol. The molecule has 3 aromatic rings. The molecule has 0 aliphatic heterocycles. The van der Waals surface area contributed by atoms with Gasteiger partial charge in [-0.3, -0.25) is 14.9 Å². The molecule has 0 saturated heterocycles. The van der Waals surface area contributed by atoms with Gasteiger partial charge in [0.2, 0.25) is 0 Å². The highest BCUT2D eigenvalue weighted by Gasteiger charge is 2.20. The molecule has 26 heavy (non-hydrogen) atoms. The van der Waals surface area contributed by atoms with Crippen molar-refractivity contribution < 1.29 is 9.59 Å². The number of fused-ring (bicyclic) bond motifs is 1. The van der Waals surface area contributed by atoms with E-state index in [4.69, 9.17) is 0 Å². The molecule has 134 valence electrons. The van der Waals surface area contributed by atoms with Crippen LogP contribution in [0.25, 0.3) is 10.8 Å². The lowest BCUT2D eigenvalue weighted by Crippen LogP contribution is -2.40. The maximum absolute atomic E-state index is 12.1. The molecule has 2 N–H and O–H groups in total. The Hall–Kier alpha value is -2.77. The van der Waals surface area contributed by atoms with Gasteiger partial charge < -0.3 is 10.2 Å². The standard InChI is InChI=1S/C19H20N4O2S/c1-23(2)16(15-9-5-7-13-6-3-4-8-14(13)15)12-21-17(24)18(25)22-19-20-10-11-26-19/h3-11,16H,12H2,1-2H3,(H,21,24)(H,20,22,25). The minimum atomic E-state index is -0.713. The van der Waals surface area contributed by atoms with Gasteiger partial charge in [0.1, 0.15) is 0 Å². The Kier molecular flexibility index (Phi) is 5.60. The Morgan fingerprint density at radius 1 is 1.12 bits per heavy atom. The van der Waals surface area contributed by atoms with Gasteiger partial charge in [0.05, 0.1) is 6.04 Å². The Morgan fingerprint density at radius 3 is 2.62 bits per heavy atom. The van der Waals surface area contributed by atoms with Crippen LogP contribution in [0.15, 0.2) is 54.0 Å². The van der Waals surface area contributed by atoms with Crippen LogP contribution in [-0.4, -0.2) is 42.3 Å². The van der Waals surface area contributed by atoms with Crippen LogP contribution >= 0.6 is 11.3 Å². The second kappa shape index (κ2) is 8.07. The number of amides is 2. The molecule has 0 radical (unpaired) electrons. The molecule has 1 aromatic heterocycles. The molecule has 2 amide bonds. The molecule has 0 saturated carbocycles. The van der Waals surface area contributed by atoms with Crippen molar-refractivity contribution in [2.24, 2.45) is 0 Å². The first-order valence-corrected chi connectivity index (χ1v) is 9.07. The quantitative estimate of drug-likeness (QED) is 0.679. The minimum absolute atomic E-state index is 0.0577. The second-order valence-electron chi connectivity index (χ2n) is 6.05. The minimum Gasteiger partial charge on any atom is -0.346 e. The van der Waals surface area contributed by atoms with Crippen molar-refractivity contribution in [1.82, 2.24) is 15.2 Å². The lowest BCUT2D eigenvalue weighted by Gasteiger charge is -2.26. The molecule has 2 aromatic carbocycles. The average molecular weight is 368 g/mol. The Balaban J connectivity index is 1.72. The molecule has 0 spiro atoms. The number of thiazole rings is 1. The maximum Gasteiger partial charge on any atom is 0.315 e. The summed E-state index contributed by atoms with van der Waals surface area (Å²) in [5, 5.41) is 9.63. The van der Waals surface area contributed by atoms with Crippen LogP contribution in [0.3, 0.4) is 0 Å². The zero-order valence-electron chi connectivity index (χ0n) is 14.6. The SMILES string of the molecule is CN(C)C(CNC(=O)C(=O)Nc1nccs1)c1cccc2ccccc12. The van der Waals surface area contributed by atoms with E-state index in [1.54, 1.807) is 11.6 Å². The van der Waals surface area contributed by atoms with Crippen LogP contribution in [0.1, 0.15) is 11.6 Å². The Morgan fingerprint density at radius 2 is 1.88 bits per heavy atom. The van der Waals surface area contributed by atoms with E-state index in [1.165, 1.54) is 11.3 Å². The summed E-state index contributed by atoms with van der Waals surface area (Å²) in [5.41, 5.74) is 1.11. The van der Waals surface area contributed by atoms with Gasteiger partial charge in [-0.1, -0.05) is 42.5 Å². The van der Waals surface area contributed by atoms with Crippen molar-refractivity contribution in [3.63, 3.8) is 0 Å². The summed E-state index contributed by atoms with van der Waals surface area (Å²) >= 11 is 1.26. The van der Waals surface area contributed by atoms with E-state index < -0.39 is 11.8 Å². The highest BCUT2D eigenvalue weighted by Crippen LogP contribution is 2.26. The molecular formula is C19H20N4O2S. The van der Waals surface area contributed by atoms with E-state index in [0.717, 1.165) is 16.3 Å². The van der Waals surface area contributed by atoms with Gasteiger partial charge >= 0.3 is 11.8 Å². The van der Waals surface area contributed by atoms with Crippen LogP contribution in [0.5, 0.6) is 0 Å². The number of aromatic nitrogens is 1. The third-order valence-corrected chi connectivity index (χ3v) is 4.81. The predicted octanol–water partition coefficient (Wildman–Crippen LogP) is 2.65. The number of benzene rings is 2. The number of nitrogens with zero attached hydrogens (tertiary/aromatic N) is 2. The molecule has 3 rings (SSSR count). The van der Waals surface area contributed by atoms with Crippen LogP contribution in [0.4, 0.5) is 5.13 Å². The van der Waals surface area contributed by atoms with E-state index in [0.29, 0.717) is 11.7 Å². The number of anilines is 1. The molecule has 1 atom stereocenters. The molecule has 0 bridgehead atoms. The largest absolute Gasteiger partial charge is 0.346 e. The highest BCUT2D eigenvalue weighted by atomic mass is 32.1. The normalized spacial score (nSPS) is 12.1. The Labute approximate surface area is 155 Å². The summed E-state index contributed by atoms with van der Waals surface area (Å²) in [6.07, 6.45) is 1.57. The third-order valence-electron chi connectivity index (χ3n) is 4.12. The summed E-state index contributed by atoms with van der Waals surface area (Å²) in [7, 11) is 3.91. The molecule has 0 aliphatic carbocycles. The highest BCUT2D eigenvalue weighted by molar-refractivity contribution is 7.13. The number of nitrogens with one attached hydrogen (secondary N) is 2. The van der Waals surface area contributed by atoms with Gasteiger partial charge in [0.25, 0.3) is 0 Å². The maximum atomic E-state index is 12.1. The van der Waals surface area contributed by atoms with E-state index in [1.807, 2.05) is 37.2 Å². The summed E-state index contributed by atoms with van der Waals surface area (Å²) in [4.78, 5) is 30.1. The fraction of sp³-hybridized carbons (Fsp3) is 0.211. The summed E-state index contributed by atoms with van der Waals surface area (Å²) in [5.74, 6) is -1.39. The lowest BCUT2D eigenvalue weighted by atomic mass is 9.98. The molecule has 1 unspecified atom stereocenters. The molecule has 6 nitrogen and oxygen atoms in total. The van der Waals surface area contributed by atoms with Crippen LogP contribution in [0, 0.1) is 0 Å². The van der Waals surface area contributed by atoms with Gasteiger partial charge in [-0.05, 0) is 30.4 Å². The van der Waals surface area contributed by atoms with Gasteiger partial charge in [-0.15, -0.1) is 11.3 Å². The summed E-state index contributed by atoms with van der Waals surface area (Å²) in [6.45, 7) is 0.325. The zero-order valence-corrected chi connectivity index (χ0v) is 15.4. The van der Waals surface area contributed by atoms with Crippen molar-refractivity contribution in [2.75, 3.05) is 26.0 Å². The van der Waals surface area contributed by atoms with E-state index in [-0.39, 0.29) is 6.04 Å².